The summed E-state index contributed by atoms with van der Waals surface area (Å²) in [5.41, 5.74) is 0.692. The van der Waals surface area contributed by atoms with Crippen LogP contribution in [0.2, 0.25) is 0 Å². The summed E-state index contributed by atoms with van der Waals surface area (Å²) in [6.07, 6.45) is 1.52. The fourth-order valence-electron chi connectivity index (χ4n) is 3.39. The maximum Gasteiger partial charge on any atom is 0.272 e. The summed E-state index contributed by atoms with van der Waals surface area (Å²) in [5, 5.41) is 20.7. The highest BCUT2D eigenvalue weighted by atomic mass is 16.5. The van der Waals surface area contributed by atoms with E-state index in [1.807, 2.05) is 30.3 Å². The number of hydrogen-bond acceptors (Lipinski definition) is 6. The number of rotatable bonds is 5. The highest BCUT2D eigenvalue weighted by Crippen LogP contribution is 2.19. The number of amides is 2. The number of pyridine rings is 1. The Bertz CT molecular complexity index is 1040. The van der Waals surface area contributed by atoms with Crippen molar-refractivity contribution in [1.82, 2.24) is 25.4 Å². The summed E-state index contributed by atoms with van der Waals surface area (Å²) < 4.78 is 5.50. The lowest BCUT2D eigenvalue weighted by molar-refractivity contribution is -0.0324. The van der Waals surface area contributed by atoms with E-state index in [1.54, 1.807) is 24.3 Å². The molecule has 1 fully saturated rings. The van der Waals surface area contributed by atoms with Crippen LogP contribution in [-0.2, 0) is 4.74 Å². The maximum atomic E-state index is 13.0. The average molecular weight is 421 g/mol. The SMILES string of the molecule is O=C(NC[C@]1(O)COCCN(C(=O)c2cc(-c3ccccc3)n[nH]2)C1)c1ccccn1. The lowest BCUT2D eigenvalue weighted by atomic mass is 10.0. The van der Waals surface area contributed by atoms with Crippen LogP contribution in [0.25, 0.3) is 11.3 Å². The van der Waals surface area contributed by atoms with E-state index in [0.717, 1.165) is 5.56 Å². The Morgan fingerprint density at radius 2 is 2.00 bits per heavy atom. The minimum absolute atomic E-state index is 0.00246. The molecule has 2 amide bonds. The van der Waals surface area contributed by atoms with Gasteiger partial charge in [0.15, 0.2) is 0 Å². The Balaban J connectivity index is 1.43. The highest BCUT2D eigenvalue weighted by molar-refractivity contribution is 5.93. The molecule has 160 valence electrons. The maximum absolute atomic E-state index is 13.0. The number of ether oxygens (including phenoxy) is 1. The van der Waals surface area contributed by atoms with Gasteiger partial charge in [0, 0.05) is 18.3 Å². The minimum atomic E-state index is -1.43. The third kappa shape index (κ3) is 4.96. The summed E-state index contributed by atoms with van der Waals surface area (Å²) in [4.78, 5) is 30.8. The quantitative estimate of drug-likeness (QED) is 0.568. The van der Waals surface area contributed by atoms with Crippen LogP contribution in [0.3, 0.4) is 0 Å². The van der Waals surface area contributed by atoms with Gasteiger partial charge in [-0.2, -0.15) is 5.10 Å². The monoisotopic (exact) mass is 421 g/mol. The van der Waals surface area contributed by atoms with Crippen molar-refractivity contribution < 1.29 is 19.4 Å². The van der Waals surface area contributed by atoms with Gasteiger partial charge in [0.1, 0.15) is 17.0 Å². The summed E-state index contributed by atoms with van der Waals surface area (Å²) in [5.74, 6) is -0.702. The van der Waals surface area contributed by atoms with E-state index in [-0.39, 0.29) is 37.9 Å². The summed E-state index contributed by atoms with van der Waals surface area (Å²) in [6, 6.07) is 16.2. The van der Waals surface area contributed by atoms with Crippen molar-refractivity contribution >= 4 is 11.8 Å². The van der Waals surface area contributed by atoms with E-state index in [9.17, 15) is 14.7 Å². The van der Waals surface area contributed by atoms with Gasteiger partial charge in [-0.25, -0.2) is 0 Å². The predicted molar refractivity (Wildman–Crippen MR) is 112 cm³/mol. The van der Waals surface area contributed by atoms with E-state index >= 15 is 0 Å². The Kier molecular flexibility index (Phi) is 6.06. The van der Waals surface area contributed by atoms with E-state index in [0.29, 0.717) is 17.9 Å². The molecule has 4 rings (SSSR count). The van der Waals surface area contributed by atoms with Gasteiger partial charge in [0.2, 0.25) is 0 Å². The Morgan fingerprint density at radius 1 is 1.19 bits per heavy atom. The molecule has 31 heavy (non-hydrogen) atoms. The molecule has 3 N–H and O–H groups in total. The first kappa shape index (κ1) is 20.7. The largest absolute Gasteiger partial charge is 0.384 e. The van der Waals surface area contributed by atoms with E-state index < -0.39 is 11.5 Å². The fourth-order valence-corrected chi connectivity index (χ4v) is 3.39. The van der Waals surface area contributed by atoms with Crippen molar-refractivity contribution in [3.05, 3.63) is 72.2 Å². The van der Waals surface area contributed by atoms with Gasteiger partial charge < -0.3 is 20.1 Å². The first-order valence-corrected chi connectivity index (χ1v) is 9.94. The molecule has 3 heterocycles. The third-order valence-corrected chi connectivity index (χ3v) is 5.00. The second-order valence-corrected chi connectivity index (χ2v) is 7.43. The number of aliphatic hydroxyl groups is 1. The van der Waals surface area contributed by atoms with Gasteiger partial charge in [-0.05, 0) is 18.2 Å². The van der Waals surface area contributed by atoms with E-state index in [2.05, 4.69) is 20.5 Å². The lowest BCUT2D eigenvalue weighted by Crippen LogP contribution is -2.53. The number of carbonyl (C=O) groups is 2. The Labute approximate surface area is 179 Å². The van der Waals surface area contributed by atoms with Crippen LogP contribution in [0, 0.1) is 0 Å². The number of β-amino-alcohol motifs (C(OH)–C–C–N with tert-alkyl or cyclic N) is 1. The van der Waals surface area contributed by atoms with Gasteiger partial charge in [-0.15, -0.1) is 0 Å². The normalized spacial score (nSPS) is 18.9. The Hall–Kier alpha value is -3.56. The van der Waals surface area contributed by atoms with Crippen LogP contribution >= 0.6 is 0 Å². The van der Waals surface area contributed by atoms with E-state index in [1.165, 1.54) is 11.1 Å². The molecule has 0 unspecified atom stereocenters. The van der Waals surface area contributed by atoms with Gasteiger partial charge in [0.25, 0.3) is 11.8 Å². The molecule has 3 aromatic rings. The topological polar surface area (TPSA) is 120 Å². The molecule has 1 aliphatic rings. The van der Waals surface area contributed by atoms with Gasteiger partial charge in [0.05, 0.1) is 32.0 Å². The molecule has 1 atom stereocenters. The molecule has 2 aromatic heterocycles. The molecular formula is C22H23N5O4. The van der Waals surface area contributed by atoms with Crippen LogP contribution in [0.5, 0.6) is 0 Å². The molecule has 0 radical (unpaired) electrons. The zero-order valence-corrected chi connectivity index (χ0v) is 16.8. The second kappa shape index (κ2) is 9.07. The van der Waals surface area contributed by atoms with Crippen LogP contribution in [0.15, 0.2) is 60.8 Å². The molecule has 9 heteroatoms. The molecular weight excluding hydrogens is 398 g/mol. The van der Waals surface area contributed by atoms with Crippen molar-refractivity contribution in [2.75, 3.05) is 32.8 Å². The molecule has 1 aromatic carbocycles. The predicted octanol–water partition coefficient (Wildman–Crippen LogP) is 1.11. The van der Waals surface area contributed by atoms with Crippen molar-refractivity contribution in [2.24, 2.45) is 0 Å². The lowest BCUT2D eigenvalue weighted by Gasteiger charge is -2.30. The number of H-pyrrole nitrogens is 1. The van der Waals surface area contributed by atoms with Crippen molar-refractivity contribution in [3.63, 3.8) is 0 Å². The zero-order chi connectivity index (χ0) is 21.7. The third-order valence-electron chi connectivity index (χ3n) is 5.00. The molecule has 0 bridgehead atoms. The van der Waals surface area contributed by atoms with Gasteiger partial charge in [-0.1, -0.05) is 36.4 Å². The van der Waals surface area contributed by atoms with Gasteiger partial charge in [-0.3, -0.25) is 19.7 Å². The first-order chi connectivity index (χ1) is 15.0. The standard InChI is InChI=1S/C22H23N5O4/c28-20(17-8-4-5-9-23-17)24-13-22(30)14-27(10-11-31-15-22)21(29)19-12-18(25-26-19)16-6-2-1-3-7-16/h1-9,12,30H,10-11,13-15H2,(H,24,28)(H,25,26)/t22-/m1/s1. The summed E-state index contributed by atoms with van der Waals surface area (Å²) in [7, 11) is 0. The highest BCUT2D eigenvalue weighted by Gasteiger charge is 2.35. The fraction of sp³-hybridized carbons (Fsp3) is 0.273. The molecule has 0 saturated carbocycles. The average Bonchev–Trinajstić information content (AvgIpc) is 3.22. The van der Waals surface area contributed by atoms with Crippen molar-refractivity contribution in [3.8, 4) is 11.3 Å². The number of carbonyl (C=O) groups excluding carboxylic acids is 2. The Morgan fingerprint density at radius 3 is 2.77 bits per heavy atom. The van der Waals surface area contributed by atoms with E-state index in [4.69, 9.17) is 4.74 Å². The van der Waals surface area contributed by atoms with Crippen molar-refractivity contribution in [1.29, 1.82) is 0 Å². The molecule has 0 aliphatic carbocycles. The number of nitrogens with zero attached hydrogens (tertiary/aromatic N) is 3. The smallest absolute Gasteiger partial charge is 0.272 e. The van der Waals surface area contributed by atoms with Crippen LogP contribution < -0.4 is 5.32 Å². The number of hydrogen-bond donors (Lipinski definition) is 3. The summed E-state index contributed by atoms with van der Waals surface area (Å²) >= 11 is 0. The summed E-state index contributed by atoms with van der Waals surface area (Å²) in [6.45, 7) is 0.521. The molecule has 0 spiro atoms. The van der Waals surface area contributed by atoms with Crippen LogP contribution in [0.1, 0.15) is 21.0 Å². The second-order valence-electron chi connectivity index (χ2n) is 7.43. The molecule has 1 saturated heterocycles. The number of aromatic amines is 1. The molecule has 9 nitrogen and oxygen atoms in total. The minimum Gasteiger partial charge on any atom is -0.384 e. The van der Waals surface area contributed by atoms with Gasteiger partial charge >= 0.3 is 0 Å². The first-order valence-electron chi connectivity index (χ1n) is 9.94. The number of benzene rings is 1. The van der Waals surface area contributed by atoms with Crippen molar-refractivity contribution in [2.45, 2.75) is 5.60 Å². The number of nitrogens with one attached hydrogen (secondary N) is 2. The number of aromatic nitrogens is 3. The zero-order valence-electron chi connectivity index (χ0n) is 16.8. The van der Waals surface area contributed by atoms with Crippen LogP contribution in [0.4, 0.5) is 0 Å². The molecule has 1 aliphatic heterocycles. The van der Waals surface area contributed by atoms with Crippen LogP contribution in [-0.4, -0.2) is 75.5 Å².